The van der Waals surface area contributed by atoms with Gasteiger partial charge in [0.15, 0.2) is 11.6 Å². The van der Waals surface area contributed by atoms with Gasteiger partial charge in [-0.15, -0.1) is 0 Å². The smallest absolute Gasteiger partial charge is 0.268 e. The third-order valence-electron chi connectivity index (χ3n) is 5.29. The summed E-state index contributed by atoms with van der Waals surface area (Å²) >= 11 is 0. The van der Waals surface area contributed by atoms with E-state index in [1.165, 1.54) is 11.1 Å². The molecule has 0 radical (unpaired) electrons. The number of fused-ring (bicyclic) bond motifs is 1. The normalized spacial score (nSPS) is 15.4. The van der Waals surface area contributed by atoms with Crippen molar-refractivity contribution in [1.29, 1.82) is 5.26 Å². The minimum absolute atomic E-state index is 0.340. The van der Waals surface area contributed by atoms with E-state index in [1.807, 2.05) is 10.7 Å². The molecular weight excluding hydrogens is 400 g/mol. The van der Waals surface area contributed by atoms with Crippen molar-refractivity contribution in [2.45, 2.75) is 31.8 Å². The quantitative estimate of drug-likeness (QED) is 0.553. The van der Waals surface area contributed by atoms with Crippen LogP contribution in [0.3, 0.4) is 0 Å². The van der Waals surface area contributed by atoms with E-state index in [9.17, 15) is 13.6 Å². The summed E-state index contributed by atoms with van der Waals surface area (Å²) < 4.78 is 28.7. The SMILES string of the molecule is C=C(CCCn1ncc2cc(C#N)ccc21)C(=O)N1N=CCC1c1ccc(F)c(F)c1. The van der Waals surface area contributed by atoms with Crippen LogP contribution in [0.5, 0.6) is 0 Å². The molecule has 1 aromatic heterocycles. The van der Waals surface area contributed by atoms with Gasteiger partial charge in [-0.2, -0.15) is 15.5 Å². The predicted molar refractivity (Wildman–Crippen MR) is 112 cm³/mol. The number of hydrogen-bond donors (Lipinski definition) is 0. The van der Waals surface area contributed by atoms with Crippen LogP contribution in [0, 0.1) is 23.0 Å². The molecule has 1 atom stereocenters. The summed E-state index contributed by atoms with van der Waals surface area (Å²) in [5.74, 6) is -2.23. The van der Waals surface area contributed by atoms with Crippen LogP contribution in [0.25, 0.3) is 10.9 Å². The van der Waals surface area contributed by atoms with Gasteiger partial charge in [-0.3, -0.25) is 9.48 Å². The Morgan fingerprint density at radius 2 is 2.06 bits per heavy atom. The maximum absolute atomic E-state index is 13.6. The monoisotopic (exact) mass is 419 g/mol. The number of nitrogens with zero attached hydrogens (tertiary/aromatic N) is 5. The van der Waals surface area contributed by atoms with Crippen LogP contribution >= 0.6 is 0 Å². The van der Waals surface area contributed by atoms with E-state index >= 15 is 0 Å². The Morgan fingerprint density at radius 1 is 1.23 bits per heavy atom. The average molecular weight is 419 g/mol. The molecule has 8 heteroatoms. The molecule has 2 aromatic carbocycles. The molecule has 1 aliphatic heterocycles. The number of amides is 1. The van der Waals surface area contributed by atoms with Gasteiger partial charge in [0.2, 0.25) is 0 Å². The Morgan fingerprint density at radius 3 is 2.84 bits per heavy atom. The van der Waals surface area contributed by atoms with Gasteiger partial charge < -0.3 is 0 Å². The fourth-order valence-electron chi connectivity index (χ4n) is 3.65. The molecule has 6 nitrogen and oxygen atoms in total. The van der Waals surface area contributed by atoms with E-state index in [0.717, 1.165) is 23.0 Å². The lowest BCUT2D eigenvalue weighted by atomic mass is 10.0. The van der Waals surface area contributed by atoms with Gasteiger partial charge in [0.1, 0.15) is 0 Å². The molecule has 31 heavy (non-hydrogen) atoms. The maximum atomic E-state index is 13.6. The number of carbonyl (C=O) groups excluding carboxylic acids is 1. The molecule has 0 N–H and O–H groups in total. The summed E-state index contributed by atoms with van der Waals surface area (Å²) in [6.07, 6.45) is 4.79. The number of halogens is 2. The molecule has 1 unspecified atom stereocenters. The molecule has 0 bridgehead atoms. The van der Waals surface area contributed by atoms with Crippen LogP contribution in [-0.2, 0) is 11.3 Å². The third-order valence-corrected chi connectivity index (χ3v) is 5.29. The van der Waals surface area contributed by atoms with Crippen molar-refractivity contribution in [3.05, 3.63) is 77.5 Å². The molecule has 1 amide bonds. The van der Waals surface area contributed by atoms with Crippen LogP contribution < -0.4 is 0 Å². The first-order chi connectivity index (χ1) is 15.0. The minimum Gasteiger partial charge on any atom is -0.268 e. The van der Waals surface area contributed by atoms with Gasteiger partial charge in [-0.25, -0.2) is 13.8 Å². The van der Waals surface area contributed by atoms with Gasteiger partial charge in [-0.05, 0) is 48.7 Å². The standard InChI is InChI=1S/C23H19F2N5O/c1-15(3-2-10-29-21-7-4-16(13-26)11-18(21)14-28-29)23(31)30-22(8-9-27-30)17-5-6-19(24)20(25)12-17/h4-7,9,11-12,14,22H,1-3,8,10H2. The first-order valence-corrected chi connectivity index (χ1v) is 9.82. The molecule has 1 aliphatic rings. The summed E-state index contributed by atoms with van der Waals surface area (Å²) in [6, 6.07) is 10.6. The van der Waals surface area contributed by atoms with E-state index in [1.54, 1.807) is 24.5 Å². The summed E-state index contributed by atoms with van der Waals surface area (Å²) in [4.78, 5) is 12.8. The molecule has 0 saturated carbocycles. The highest BCUT2D eigenvalue weighted by Crippen LogP contribution is 2.30. The van der Waals surface area contributed by atoms with E-state index < -0.39 is 17.7 Å². The van der Waals surface area contributed by atoms with Crippen LogP contribution in [0.1, 0.15) is 36.4 Å². The maximum Gasteiger partial charge on any atom is 0.269 e. The zero-order chi connectivity index (χ0) is 22.0. The number of aromatic nitrogens is 2. The Bertz CT molecular complexity index is 1240. The molecule has 0 fully saturated rings. The highest BCUT2D eigenvalue weighted by Gasteiger charge is 2.30. The number of carbonyl (C=O) groups is 1. The van der Waals surface area contributed by atoms with Crippen LogP contribution in [0.15, 0.2) is 59.8 Å². The largest absolute Gasteiger partial charge is 0.269 e. The molecule has 0 spiro atoms. The summed E-state index contributed by atoms with van der Waals surface area (Å²) in [6.45, 7) is 4.48. The molecule has 156 valence electrons. The van der Waals surface area contributed by atoms with Crippen molar-refractivity contribution < 1.29 is 13.6 Å². The van der Waals surface area contributed by atoms with Crippen molar-refractivity contribution in [2.75, 3.05) is 0 Å². The third kappa shape index (κ3) is 4.08. The Balaban J connectivity index is 1.38. The molecule has 0 aliphatic carbocycles. The summed E-state index contributed by atoms with van der Waals surface area (Å²) in [5, 5.41) is 19.6. The van der Waals surface area contributed by atoms with E-state index in [-0.39, 0.29) is 5.91 Å². The molecule has 4 rings (SSSR count). The Kier molecular flexibility index (Phi) is 5.58. The number of aryl methyl sites for hydroxylation is 1. The second-order valence-electron chi connectivity index (χ2n) is 7.33. The van der Waals surface area contributed by atoms with E-state index in [4.69, 9.17) is 5.26 Å². The van der Waals surface area contributed by atoms with Gasteiger partial charge in [0.25, 0.3) is 5.91 Å². The minimum atomic E-state index is -0.955. The van der Waals surface area contributed by atoms with Gasteiger partial charge in [-0.1, -0.05) is 12.6 Å². The number of benzene rings is 2. The zero-order valence-electron chi connectivity index (χ0n) is 16.6. The summed E-state index contributed by atoms with van der Waals surface area (Å²) in [5.41, 5.74) is 2.36. The number of hydrogen-bond acceptors (Lipinski definition) is 4. The number of rotatable bonds is 6. The van der Waals surface area contributed by atoms with Gasteiger partial charge >= 0.3 is 0 Å². The van der Waals surface area contributed by atoms with Crippen molar-refractivity contribution in [1.82, 2.24) is 14.8 Å². The van der Waals surface area contributed by atoms with Crippen LogP contribution in [0.4, 0.5) is 8.78 Å². The zero-order valence-corrected chi connectivity index (χ0v) is 16.6. The molecule has 2 heterocycles. The van der Waals surface area contributed by atoms with Crippen LogP contribution in [-0.4, -0.2) is 26.9 Å². The highest BCUT2D eigenvalue weighted by atomic mass is 19.2. The average Bonchev–Trinajstić information content (AvgIpc) is 3.42. The fourth-order valence-corrected chi connectivity index (χ4v) is 3.65. The first kappa shape index (κ1) is 20.4. The molecule has 3 aromatic rings. The lowest BCUT2D eigenvalue weighted by Crippen LogP contribution is -2.28. The van der Waals surface area contributed by atoms with Gasteiger partial charge in [0, 0.05) is 30.1 Å². The second kappa shape index (κ2) is 8.48. The lowest BCUT2D eigenvalue weighted by molar-refractivity contribution is -0.129. The van der Waals surface area contributed by atoms with Crippen molar-refractivity contribution in [3.8, 4) is 6.07 Å². The highest BCUT2D eigenvalue weighted by molar-refractivity contribution is 5.94. The fraction of sp³-hybridized carbons (Fsp3) is 0.217. The van der Waals surface area contributed by atoms with E-state index in [2.05, 4.69) is 22.8 Å². The molecule has 0 saturated heterocycles. The lowest BCUT2D eigenvalue weighted by Gasteiger charge is -2.23. The first-order valence-electron chi connectivity index (χ1n) is 9.82. The van der Waals surface area contributed by atoms with Crippen molar-refractivity contribution in [2.24, 2.45) is 5.10 Å². The Labute approximate surface area is 177 Å². The summed E-state index contributed by atoms with van der Waals surface area (Å²) in [7, 11) is 0. The molecular formula is C23H19F2N5O. The van der Waals surface area contributed by atoms with Crippen molar-refractivity contribution >= 4 is 23.0 Å². The number of hydrazone groups is 1. The predicted octanol–water partition coefficient (Wildman–Crippen LogP) is 4.48. The number of nitriles is 1. The topological polar surface area (TPSA) is 74.3 Å². The Hall–Kier alpha value is -3.86. The van der Waals surface area contributed by atoms with Crippen LogP contribution in [0.2, 0.25) is 0 Å². The second-order valence-corrected chi connectivity index (χ2v) is 7.33. The van der Waals surface area contributed by atoms with Crippen molar-refractivity contribution in [3.63, 3.8) is 0 Å². The van der Waals surface area contributed by atoms with E-state index in [0.29, 0.717) is 42.5 Å². The van der Waals surface area contributed by atoms with Gasteiger partial charge in [0.05, 0.1) is 29.4 Å².